The van der Waals surface area contributed by atoms with Crippen molar-refractivity contribution in [2.24, 2.45) is 10.2 Å². The maximum absolute atomic E-state index is 12.7. The van der Waals surface area contributed by atoms with Gasteiger partial charge in [-0.25, -0.2) is 21.6 Å². The fourth-order valence-corrected chi connectivity index (χ4v) is 5.51. The first-order valence-corrected chi connectivity index (χ1v) is 15.4. The average molecular weight is 584 g/mol. The number of azo groups is 1. The second kappa shape index (κ2) is 11.9. The zero-order valence-electron chi connectivity index (χ0n) is 19.1. The van der Waals surface area contributed by atoms with Crippen molar-refractivity contribution in [2.75, 3.05) is 22.9 Å². The highest BCUT2D eigenvalue weighted by atomic mass is 79.9. The minimum Gasteiger partial charge on any atom is -0.507 e. The van der Waals surface area contributed by atoms with Gasteiger partial charge in [0, 0.05) is 22.6 Å². The van der Waals surface area contributed by atoms with Crippen molar-refractivity contribution in [1.82, 2.24) is 4.72 Å². The maximum atomic E-state index is 12.7. The first-order valence-electron chi connectivity index (χ1n) is 10.9. The van der Waals surface area contributed by atoms with Gasteiger partial charge in [0.15, 0.2) is 0 Å². The quantitative estimate of drug-likeness (QED) is 0.146. The van der Waals surface area contributed by atoms with Gasteiger partial charge in [-0.05, 0) is 49.2 Å². The lowest BCUT2D eigenvalue weighted by Crippen LogP contribution is -2.24. The highest BCUT2D eigenvalue weighted by Gasteiger charge is 2.15. The van der Waals surface area contributed by atoms with Crippen LogP contribution in [-0.2, 0) is 20.0 Å². The Morgan fingerprint density at radius 3 is 2.40 bits per heavy atom. The lowest BCUT2D eigenvalue weighted by Gasteiger charge is -2.11. The van der Waals surface area contributed by atoms with E-state index >= 15 is 0 Å². The monoisotopic (exact) mass is 582 g/mol. The molecule has 12 heteroatoms. The summed E-state index contributed by atoms with van der Waals surface area (Å²) in [6.07, 6.45) is 4.82. The van der Waals surface area contributed by atoms with Crippen molar-refractivity contribution >= 4 is 63.8 Å². The molecule has 0 spiro atoms. The molecule has 188 valence electrons. The zero-order valence-corrected chi connectivity index (χ0v) is 22.3. The fourth-order valence-electron chi connectivity index (χ4n) is 3.43. The standard InChI is InChI=1S/C23H27BrN4O5S2/c1-34(30,31)28-21-11-7-10-19-22(29)13-12-20(23(19)21)27-26-17-8-6-9-18(16-17)35(32,33)25-15-5-3-2-4-14-24/h6-13,16,25,28-29H,2-5,14-15H2,1H3/b27-26+. The van der Waals surface area contributed by atoms with Crippen LogP contribution in [0.2, 0.25) is 0 Å². The molecule has 0 heterocycles. The van der Waals surface area contributed by atoms with E-state index in [1.165, 1.54) is 24.3 Å². The van der Waals surface area contributed by atoms with Crippen molar-refractivity contribution in [2.45, 2.75) is 30.6 Å². The average Bonchev–Trinajstić information content (AvgIpc) is 2.80. The zero-order chi connectivity index (χ0) is 25.5. The van der Waals surface area contributed by atoms with Gasteiger partial charge in [0.1, 0.15) is 5.75 Å². The Morgan fingerprint density at radius 2 is 1.66 bits per heavy atom. The molecule has 0 aliphatic rings. The van der Waals surface area contributed by atoms with E-state index < -0.39 is 20.0 Å². The molecule has 0 unspecified atom stereocenters. The molecule has 0 aliphatic carbocycles. The van der Waals surface area contributed by atoms with Crippen LogP contribution in [0.25, 0.3) is 10.8 Å². The van der Waals surface area contributed by atoms with E-state index in [2.05, 4.69) is 35.6 Å². The van der Waals surface area contributed by atoms with Crippen molar-refractivity contribution < 1.29 is 21.9 Å². The van der Waals surface area contributed by atoms with Gasteiger partial charge >= 0.3 is 0 Å². The lowest BCUT2D eigenvalue weighted by molar-refractivity contribution is 0.481. The summed E-state index contributed by atoms with van der Waals surface area (Å²) in [5.41, 5.74) is 0.853. The van der Waals surface area contributed by atoms with Gasteiger partial charge in [0.2, 0.25) is 20.0 Å². The number of hydrogen-bond donors (Lipinski definition) is 3. The third-order valence-corrected chi connectivity index (χ3v) is 7.65. The van der Waals surface area contributed by atoms with Crippen LogP contribution in [0.1, 0.15) is 25.7 Å². The highest BCUT2D eigenvalue weighted by Crippen LogP contribution is 2.38. The molecule has 0 saturated carbocycles. The number of sulfonamides is 2. The number of alkyl halides is 1. The highest BCUT2D eigenvalue weighted by molar-refractivity contribution is 9.09. The molecule has 9 nitrogen and oxygen atoms in total. The number of aromatic hydroxyl groups is 1. The topological polar surface area (TPSA) is 137 Å². The molecule has 0 aliphatic heterocycles. The van der Waals surface area contributed by atoms with E-state index in [9.17, 15) is 21.9 Å². The Bertz CT molecular complexity index is 1430. The molecule has 3 aromatic carbocycles. The Balaban J connectivity index is 1.85. The predicted molar refractivity (Wildman–Crippen MR) is 142 cm³/mol. The molecule has 0 amide bonds. The molecular formula is C23H27BrN4O5S2. The van der Waals surface area contributed by atoms with Gasteiger partial charge in [-0.1, -0.05) is 47.0 Å². The number of halogens is 1. The molecule has 0 saturated heterocycles. The smallest absolute Gasteiger partial charge is 0.240 e. The van der Waals surface area contributed by atoms with Crippen LogP contribution in [0.3, 0.4) is 0 Å². The van der Waals surface area contributed by atoms with Crippen molar-refractivity contribution in [1.29, 1.82) is 0 Å². The number of hydrogen-bond acceptors (Lipinski definition) is 7. The van der Waals surface area contributed by atoms with E-state index in [0.717, 1.165) is 37.3 Å². The van der Waals surface area contributed by atoms with Crippen molar-refractivity contribution in [3.63, 3.8) is 0 Å². The number of anilines is 1. The second-order valence-corrected chi connectivity index (χ2v) is 12.2. The molecule has 3 aromatic rings. The molecule has 3 N–H and O–H groups in total. The van der Waals surface area contributed by atoms with Crippen LogP contribution >= 0.6 is 15.9 Å². The molecule has 3 rings (SSSR count). The van der Waals surface area contributed by atoms with Gasteiger partial charge in [0.05, 0.1) is 28.2 Å². The normalized spacial score (nSPS) is 12.4. The van der Waals surface area contributed by atoms with E-state index in [-0.39, 0.29) is 16.3 Å². The van der Waals surface area contributed by atoms with Gasteiger partial charge in [-0.3, -0.25) is 4.72 Å². The third kappa shape index (κ3) is 7.72. The number of unbranched alkanes of at least 4 members (excludes halogenated alkanes) is 3. The number of rotatable bonds is 12. The van der Waals surface area contributed by atoms with E-state index in [1.54, 1.807) is 30.3 Å². The summed E-state index contributed by atoms with van der Waals surface area (Å²) in [5, 5.41) is 20.3. The third-order valence-electron chi connectivity index (χ3n) is 5.04. The number of nitrogens with one attached hydrogen (secondary N) is 2. The first-order chi connectivity index (χ1) is 16.6. The van der Waals surface area contributed by atoms with Crippen LogP contribution in [0.5, 0.6) is 5.75 Å². The summed E-state index contributed by atoms with van der Waals surface area (Å²) in [6, 6.07) is 13.8. The predicted octanol–water partition coefficient (Wildman–Crippen LogP) is 5.57. The SMILES string of the molecule is CS(=O)(=O)Nc1cccc2c(O)ccc(/N=N/c3cccc(S(=O)(=O)NCCCCCCBr)c3)c12. The minimum atomic E-state index is -3.70. The minimum absolute atomic E-state index is 0.0394. The molecule has 0 fully saturated rings. The Labute approximate surface area is 213 Å². The number of nitrogens with zero attached hydrogens (tertiary/aromatic N) is 2. The fraction of sp³-hybridized carbons (Fsp3) is 0.304. The number of phenols is 1. The van der Waals surface area contributed by atoms with Gasteiger partial charge in [0.25, 0.3) is 0 Å². The van der Waals surface area contributed by atoms with Crippen molar-refractivity contribution in [3.8, 4) is 5.75 Å². The van der Waals surface area contributed by atoms with Gasteiger partial charge in [-0.15, -0.1) is 5.11 Å². The summed E-state index contributed by atoms with van der Waals surface area (Å²) in [5.74, 6) is -0.0394. The molecule has 0 radical (unpaired) electrons. The summed E-state index contributed by atoms with van der Waals surface area (Å²) in [4.78, 5) is 0.0735. The van der Waals surface area contributed by atoms with Crippen LogP contribution < -0.4 is 9.44 Å². The molecular weight excluding hydrogens is 556 g/mol. The first kappa shape index (κ1) is 27.1. The molecule has 0 atom stereocenters. The molecule has 0 bridgehead atoms. The molecule has 0 aromatic heterocycles. The summed E-state index contributed by atoms with van der Waals surface area (Å²) < 4.78 is 53.9. The summed E-state index contributed by atoms with van der Waals surface area (Å²) in [7, 11) is -7.28. The number of benzene rings is 3. The number of phenolic OH excluding ortho intramolecular Hbond substituents is 1. The molecule has 35 heavy (non-hydrogen) atoms. The number of fused-ring (bicyclic) bond motifs is 1. The van der Waals surface area contributed by atoms with Crippen LogP contribution in [-0.4, -0.2) is 40.1 Å². The Hall–Kier alpha value is -2.54. The lowest BCUT2D eigenvalue weighted by atomic mass is 10.1. The largest absolute Gasteiger partial charge is 0.507 e. The summed E-state index contributed by atoms with van der Waals surface area (Å²) >= 11 is 3.38. The van der Waals surface area contributed by atoms with Crippen LogP contribution in [0.4, 0.5) is 17.1 Å². The van der Waals surface area contributed by atoms with E-state index in [1.807, 2.05) is 0 Å². The van der Waals surface area contributed by atoms with Crippen LogP contribution in [0.15, 0.2) is 69.7 Å². The van der Waals surface area contributed by atoms with E-state index in [4.69, 9.17) is 0 Å². The Morgan fingerprint density at radius 1 is 0.914 bits per heavy atom. The van der Waals surface area contributed by atoms with Crippen molar-refractivity contribution in [3.05, 3.63) is 54.6 Å². The van der Waals surface area contributed by atoms with Gasteiger partial charge in [-0.2, -0.15) is 5.11 Å². The Kier molecular flexibility index (Phi) is 9.22. The second-order valence-electron chi connectivity index (χ2n) is 7.90. The maximum Gasteiger partial charge on any atom is 0.240 e. The summed E-state index contributed by atoms with van der Waals surface area (Å²) in [6.45, 7) is 0.353. The van der Waals surface area contributed by atoms with E-state index in [0.29, 0.717) is 28.7 Å². The van der Waals surface area contributed by atoms with Gasteiger partial charge < -0.3 is 5.11 Å². The van der Waals surface area contributed by atoms with Crippen LogP contribution in [0, 0.1) is 0 Å².